The maximum absolute atomic E-state index is 11.0. The SMILES string of the molecule is Brc1cncc2ccccc12.COc1ccc(C=O)cc1-c1cncc2ccccc12.COc1ccc(C=O)cc1B(O)O. The molecule has 220 valence electrons. The van der Waals surface area contributed by atoms with Gasteiger partial charge in [-0.25, -0.2) is 0 Å². The van der Waals surface area contributed by atoms with Gasteiger partial charge in [-0.3, -0.25) is 19.6 Å². The molecule has 10 heteroatoms. The van der Waals surface area contributed by atoms with Gasteiger partial charge in [-0.1, -0.05) is 48.5 Å². The molecule has 0 saturated heterocycles. The number of nitrogens with zero attached hydrogens (tertiary/aromatic N) is 2. The number of fused-ring (bicyclic) bond motifs is 2. The minimum absolute atomic E-state index is 0.187. The van der Waals surface area contributed by atoms with Crippen molar-refractivity contribution in [3.8, 4) is 22.6 Å². The average Bonchev–Trinajstić information content (AvgIpc) is 3.08. The smallest absolute Gasteiger partial charge is 0.492 e. The van der Waals surface area contributed by atoms with Gasteiger partial charge in [-0.05, 0) is 63.1 Å². The van der Waals surface area contributed by atoms with E-state index in [2.05, 4.69) is 32.0 Å². The molecule has 8 nitrogen and oxygen atoms in total. The number of carbonyl (C=O) groups is 2. The van der Waals surface area contributed by atoms with E-state index in [1.54, 1.807) is 25.4 Å². The molecule has 0 aliphatic carbocycles. The summed E-state index contributed by atoms with van der Waals surface area (Å²) in [7, 11) is 1.41. The van der Waals surface area contributed by atoms with Crippen molar-refractivity contribution >= 4 is 62.6 Å². The maximum atomic E-state index is 11.0. The molecule has 0 saturated carbocycles. The molecule has 6 rings (SSSR count). The van der Waals surface area contributed by atoms with Crippen molar-refractivity contribution in [1.29, 1.82) is 0 Å². The molecule has 0 unspecified atom stereocenters. The van der Waals surface area contributed by atoms with Crippen molar-refractivity contribution < 1.29 is 29.1 Å². The predicted octanol–water partition coefficient (Wildman–Crippen LogP) is 5.91. The molecular formula is C34H28BBrN2O6. The highest BCUT2D eigenvalue weighted by molar-refractivity contribution is 9.10. The fourth-order valence-electron chi connectivity index (χ4n) is 4.45. The molecule has 0 atom stereocenters. The van der Waals surface area contributed by atoms with Crippen LogP contribution in [0.4, 0.5) is 0 Å². The summed E-state index contributed by atoms with van der Waals surface area (Å²) in [6.07, 6.45) is 8.76. The van der Waals surface area contributed by atoms with Crippen molar-refractivity contribution in [3.63, 3.8) is 0 Å². The lowest BCUT2D eigenvalue weighted by atomic mass is 9.79. The van der Waals surface area contributed by atoms with E-state index in [9.17, 15) is 9.59 Å². The second-order valence-electron chi connectivity index (χ2n) is 9.32. The van der Waals surface area contributed by atoms with Crippen molar-refractivity contribution in [3.05, 3.63) is 125 Å². The normalized spacial score (nSPS) is 10.1. The summed E-state index contributed by atoms with van der Waals surface area (Å²) in [5.74, 6) is 1.08. The predicted molar refractivity (Wildman–Crippen MR) is 177 cm³/mol. The zero-order valence-corrected chi connectivity index (χ0v) is 25.5. The van der Waals surface area contributed by atoms with Gasteiger partial charge in [0, 0.05) is 67.7 Å². The van der Waals surface area contributed by atoms with Gasteiger partial charge >= 0.3 is 7.12 Å². The molecule has 2 N–H and O–H groups in total. The second-order valence-corrected chi connectivity index (χ2v) is 10.2. The molecule has 0 amide bonds. The van der Waals surface area contributed by atoms with E-state index in [0.29, 0.717) is 23.2 Å². The summed E-state index contributed by atoms with van der Waals surface area (Å²) in [5.41, 5.74) is 3.02. The van der Waals surface area contributed by atoms with Gasteiger partial charge in [0.2, 0.25) is 0 Å². The van der Waals surface area contributed by atoms with Gasteiger partial charge in [0.25, 0.3) is 0 Å². The first-order valence-electron chi connectivity index (χ1n) is 13.3. The Morgan fingerprint density at radius 3 is 1.80 bits per heavy atom. The lowest BCUT2D eigenvalue weighted by Gasteiger charge is -2.11. The van der Waals surface area contributed by atoms with Crippen LogP contribution in [-0.2, 0) is 0 Å². The lowest BCUT2D eigenvalue weighted by Crippen LogP contribution is -2.31. The molecule has 44 heavy (non-hydrogen) atoms. The number of carbonyl (C=O) groups excluding carboxylic acids is 2. The van der Waals surface area contributed by atoms with Crippen LogP contribution in [0.2, 0.25) is 0 Å². The zero-order chi connectivity index (χ0) is 31.5. The van der Waals surface area contributed by atoms with Crippen LogP contribution in [0, 0.1) is 0 Å². The summed E-state index contributed by atoms with van der Waals surface area (Å²) in [4.78, 5) is 29.7. The molecule has 0 aliphatic heterocycles. The van der Waals surface area contributed by atoms with E-state index in [-0.39, 0.29) is 5.46 Å². The van der Waals surface area contributed by atoms with Crippen molar-refractivity contribution in [2.75, 3.05) is 14.2 Å². The van der Waals surface area contributed by atoms with Crippen LogP contribution in [0.3, 0.4) is 0 Å². The number of methoxy groups -OCH3 is 2. The van der Waals surface area contributed by atoms with Crippen LogP contribution in [0.25, 0.3) is 32.7 Å². The standard InChI is InChI=1S/C17H13NO2.C9H6BrN.C8H9BO4/c1-20-17-7-6-12(11-19)8-15(17)16-10-18-9-13-4-2-3-5-14(13)16;10-9-6-11-5-7-3-1-2-4-8(7)9;1-13-8-3-2-6(5-10)4-7(8)9(11)12/h2-11H,1H3;1-6H;2-5,11-12H,1H3. The molecule has 6 aromatic rings. The topological polar surface area (TPSA) is 119 Å². The molecule has 0 radical (unpaired) electrons. The lowest BCUT2D eigenvalue weighted by molar-refractivity contribution is 0.111. The fraction of sp³-hybridized carbons (Fsp3) is 0.0588. The van der Waals surface area contributed by atoms with E-state index < -0.39 is 7.12 Å². The quantitative estimate of drug-likeness (QED) is 0.169. The molecule has 0 bridgehead atoms. The van der Waals surface area contributed by atoms with E-state index in [0.717, 1.165) is 38.4 Å². The Morgan fingerprint density at radius 2 is 1.20 bits per heavy atom. The minimum atomic E-state index is -1.63. The number of hydrogen-bond acceptors (Lipinski definition) is 8. The van der Waals surface area contributed by atoms with Crippen LogP contribution in [0.1, 0.15) is 20.7 Å². The first-order chi connectivity index (χ1) is 21.4. The molecule has 0 spiro atoms. The zero-order valence-electron chi connectivity index (χ0n) is 23.9. The number of hydrogen-bond donors (Lipinski definition) is 2. The van der Waals surface area contributed by atoms with Crippen molar-refractivity contribution in [1.82, 2.24) is 9.97 Å². The van der Waals surface area contributed by atoms with Crippen molar-refractivity contribution in [2.45, 2.75) is 0 Å². The van der Waals surface area contributed by atoms with Crippen LogP contribution >= 0.6 is 15.9 Å². The van der Waals surface area contributed by atoms with Crippen molar-refractivity contribution in [2.24, 2.45) is 0 Å². The molecule has 2 aromatic heterocycles. The molecular weight excluding hydrogens is 623 g/mol. The third kappa shape index (κ3) is 7.73. The third-order valence-electron chi connectivity index (χ3n) is 6.61. The number of halogens is 1. The number of aromatic nitrogens is 2. The highest BCUT2D eigenvalue weighted by atomic mass is 79.9. The van der Waals surface area contributed by atoms with Crippen LogP contribution in [-0.4, -0.2) is 53.9 Å². The Kier molecular flexibility index (Phi) is 11.3. The van der Waals surface area contributed by atoms with Crippen LogP contribution < -0.4 is 14.9 Å². The van der Waals surface area contributed by atoms with Crippen LogP contribution in [0.5, 0.6) is 11.5 Å². The summed E-state index contributed by atoms with van der Waals surface area (Å²) in [6, 6.07) is 26.0. The maximum Gasteiger partial charge on any atom is 0.492 e. The van der Waals surface area contributed by atoms with Gasteiger partial charge in [0.05, 0.1) is 14.2 Å². The van der Waals surface area contributed by atoms with E-state index in [1.807, 2.05) is 67.1 Å². The molecule has 0 aliphatic rings. The number of aldehydes is 2. The fourth-order valence-corrected chi connectivity index (χ4v) is 4.93. The number of rotatable bonds is 6. The Bertz CT molecular complexity index is 1890. The first-order valence-corrected chi connectivity index (χ1v) is 14.1. The molecule has 2 heterocycles. The van der Waals surface area contributed by atoms with Gasteiger partial charge < -0.3 is 19.5 Å². The van der Waals surface area contributed by atoms with E-state index in [1.165, 1.54) is 36.1 Å². The molecule has 0 fully saturated rings. The largest absolute Gasteiger partial charge is 0.497 e. The summed E-state index contributed by atoms with van der Waals surface area (Å²) >= 11 is 3.43. The van der Waals surface area contributed by atoms with E-state index in [4.69, 9.17) is 19.5 Å². The third-order valence-corrected chi connectivity index (χ3v) is 7.24. The van der Waals surface area contributed by atoms with Gasteiger partial charge in [-0.2, -0.15) is 0 Å². The Morgan fingerprint density at radius 1 is 0.659 bits per heavy atom. The van der Waals surface area contributed by atoms with Gasteiger partial charge in [0.1, 0.15) is 24.1 Å². The highest BCUT2D eigenvalue weighted by Crippen LogP contribution is 2.34. The van der Waals surface area contributed by atoms with Gasteiger partial charge in [0.15, 0.2) is 0 Å². The Labute approximate surface area is 263 Å². The van der Waals surface area contributed by atoms with E-state index >= 15 is 0 Å². The minimum Gasteiger partial charge on any atom is -0.497 e. The Balaban J connectivity index is 0.000000160. The first kappa shape index (κ1) is 32.0. The Hall–Kier alpha value is -4.90. The highest BCUT2D eigenvalue weighted by Gasteiger charge is 2.17. The summed E-state index contributed by atoms with van der Waals surface area (Å²) < 4.78 is 11.3. The van der Waals surface area contributed by atoms with Crippen LogP contribution in [0.15, 0.2) is 114 Å². The second kappa shape index (κ2) is 15.5. The molecule has 4 aromatic carbocycles. The average molecular weight is 651 g/mol. The summed E-state index contributed by atoms with van der Waals surface area (Å²) in [6.45, 7) is 0. The number of pyridine rings is 2. The summed E-state index contributed by atoms with van der Waals surface area (Å²) in [5, 5.41) is 22.4. The number of ether oxygens (including phenoxy) is 2. The number of benzene rings is 4. The van der Waals surface area contributed by atoms with Gasteiger partial charge in [-0.15, -0.1) is 0 Å². The monoisotopic (exact) mass is 650 g/mol.